The van der Waals surface area contributed by atoms with Gasteiger partial charge in [-0.25, -0.2) is 9.78 Å². The number of carboxylic acids is 1. The molecule has 5 heteroatoms. The molecule has 1 fully saturated rings. The number of hydrogen-bond donors (Lipinski definition) is 2. The van der Waals surface area contributed by atoms with Gasteiger partial charge in [0.05, 0.1) is 11.3 Å². The zero-order valence-corrected chi connectivity index (χ0v) is 10.8. The minimum atomic E-state index is -1.00. The van der Waals surface area contributed by atoms with E-state index in [2.05, 4.69) is 23.7 Å². The van der Waals surface area contributed by atoms with Crippen LogP contribution in [-0.4, -0.2) is 29.1 Å². The van der Waals surface area contributed by atoms with Gasteiger partial charge in [-0.15, -0.1) is 0 Å². The van der Waals surface area contributed by atoms with Gasteiger partial charge in [-0.3, -0.25) is 0 Å². The SMILES string of the molecule is CC(C)C1CCN(c2nccc(C(=O)O)c2N)C1. The molecule has 1 unspecified atom stereocenters. The highest BCUT2D eigenvalue weighted by Gasteiger charge is 2.27. The molecule has 5 nitrogen and oxygen atoms in total. The van der Waals surface area contributed by atoms with Crippen molar-refractivity contribution >= 4 is 17.5 Å². The fraction of sp³-hybridized carbons (Fsp3) is 0.538. The number of carbonyl (C=O) groups is 1. The first-order valence-corrected chi connectivity index (χ1v) is 6.23. The first kappa shape index (κ1) is 12.7. The number of nitrogens with two attached hydrogens (primary N) is 1. The van der Waals surface area contributed by atoms with E-state index in [0.29, 0.717) is 17.7 Å². The molecular formula is C13H19N3O2. The lowest BCUT2D eigenvalue weighted by Crippen LogP contribution is -2.24. The fourth-order valence-electron chi connectivity index (χ4n) is 2.42. The Balaban J connectivity index is 2.25. The lowest BCUT2D eigenvalue weighted by molar-refractivity contribution is 0.0698. The van der Waals surface area contributed by atoms with Gasteiger partial charge in [0.2, 0.25) is 0 Å². The molecule has 2 rings (SSSR count). The molecule has 1 aliphatic heterocycles. The predicted molar refractivity (Wildman–Crippen MR) is 70.8 cm³/mol. The monoisotopic (exact) mass is 249 g/mol. The highest BCUT2D eigenvalue weighted by atomic mass is 16.4. The van der Waals surface area contributed by atoms with Crippen molar-refractivity contribution < 1.29 is 9.90 Å². The molecule has 1 aliphatic rings. The second kappa shape index (κ2) is 4.84. The van der Waals surface area contributed by atoms with Crippen LogP contribution in [0.5, 0.6) is 0 Å². The van der Waals surface area contributed by atoms with Crippen LogP contribution in [0.3, 0.4) is 0 Å². The van der Waals surface area contributed by atoms with Crippen molar-refractivity contribution in [2.45, 2.75) is 20.3 Å². The number of hydrogen-bond acceptors (Lipinski definition) is 4. The van der Waals surface area contributed by atoms with Crippen LogP contribution >= 0.6 is 0 Å². The molecule has 0 saturated carbocycles. The number of pyridine rings is 1. The zero-order valence-electron chi connectivity index (χ0n) is 10.8. The Bertz CT molecular complexity index is 460. The Labute approximate surface area is 107 Å². The highest BCUT2D eigenvalue weighted by molar-refractivity contribution is 5.96. The number of rotatable bonds is 3. The lowest BCUT2D eigenvalue weighted by atomic mass is 9.95. The van der Waals surface area contributed by atoms with Gasteiger partial charge in [-0.05, 0) is 24.3 Å². The third-order valence-electron chi connectivity index (χ3n) is 3.67. The number of carboxylic acid groups (broad SMARTS) is 1. The molecular weight excluding hydrogens is 230 g/mol. The van der Waals surface area contributed by atoms with Gasteiger partial charge in [-0.2, -0.15) is 0 Å². The second-order valence-electron chi connectivity index (χ2n) is 5.14. The van der Waals surface area contributed by atoms with Crippen LogP contribution in [0, 0.1) is 11.8 Å². The van der Waals surface area contributed by atoms with Gasteiger partial charge in [-0.1, -0.05) is 13.8 Å². The number of nitrogens with zero attached hydrogens (tertiary/aromatic N) is 2. The van der Waals surface area contributed by atoms with Crippen molar-refractivity contribution in [3.05, 3.63) is 17.8 Å². The molecule has 3 N–H and O–H groups in total. The molecule has 0 bridgehead atoms. The van der Waals surface area contributed by atoms with Gasteiger partial charge >= 0.3 is 5.97 Å². The third-order valence-corrected chi connectivity index (χ3v) is 3.67. The Kier molecular flexibility index (Phi) is 3.41. The molecule has 1 aromatic rings. The largest absolute Gasteiger partial charge is 0.478 e. The molecule has 2 heterocycles. The third kappa shape index (κ3) is 2.25. The second-order valence-corrected chi connectivity index (χ2v) is 5.14. The van der Waals surface area contributed by atoms with E-state index in [1.54, 1.807) is 0 Å². The summed E-state index contributed by atoms with van der Waals surface area (Å²) in [6, 6.07) is 1.44. The van der Waals surface area contributed by atoms with E-state index in [4.69, 9.17) is 10.8 Å². The molecule has 0 aromatic carbocycles. The smallest absolute Gasteiger partial charge is 0.337 e. The van der Waals surface area contributed by atoms with Gasteiger partial charge in [0.25, 0.3) is 0 Å². The lowest BCUT2D eigenvalue weighted by Gasteiger charge is -2.21. The Morgan fingerprint density at radius 2 is 2.33 bits per heavy atom. The number of aromatic nitrogens is 1. The summed E-state index contributed by atoms with van der Waals surface area (Å²) in [5.74, 6) is 0.854. The molecule has 98 valence electrons. The Morgan fingerprint density at radius 1 is 1.61 bits per heavy atom. The van der Waals surface area contributed by atoms with Crippen LogP contribution < -0.4 is 10.6 Å². The maximum atomic E-state index is 11.0. The summed E-state index contributed by atoms with van der Waals surface area (Å²) in [6.07, 6.45) is 2.62. The maximum absolute atomic E-state index is 11.0. The average molecular weight is 249 g/mol. The van der Waals surface area contributed by atoms with Crippen molar-refractivity contribution in [2.75, 3.05) is 23.7 Å². The molecule has 1 aromatic heterocycles. The number of nitrogen functional groups attached to an aromatic ring is 1. The maximum Gasteiger partial charge on any atom is 0.337 e. The topological polar surface area (TPSA) is 79.5 Å². The minimum Gasteiger partial charge on any atom is -0.478 e. The summed E-state index contributed by atoms with van der Waals surface area (Å²) < 4.78 is 0. The van der Waals surface area contributed by atoms with E-state index in [9.17, 15) is 4.79 Å². The van der Waals surface area contributed by atoms with E-state index < -0.39 is 5.97 Å². The van der Waals surface area contributed by atoms with Crippen molar-refractivity contribution in [1.82, 2.24) is 4.98 Å². The number of anilines is 2. The van der Waals surface area contributed by atoms with E-state index >= 15 is 0 Å². The molecule has 1 atom stereocenters. The van der Waals surface area contributed by atoms with Crippen LogP contribution in [-0.2, 0) is 0 Å². The van der Waals surface area contributed by atoms with Gasteiger partial charge in [0, 0.05) is 19.3 Å². The summed E-state index contributed by atoms with van der Waals surface area (Å²) >= 11 is 0. The van der Waals surface area contributed by atoms with E-state index in [1.807, 2.05) is 0 Å². The van der Waals surface area contributed by atoms with E-state index in [1.165, 1.54) is 12.3 Å². The van der Waals surface area contributed by atoms with Crippen LogP contribution in [0.25, 0.3) is 0 Å². The molecule has 0 amide bonds. The fourth-order valence-corrected chi connectivity index (χ4v) is 2.42. The molecule has 18 heavy (non-hydrogen) atoms. The quantitative estimate of drug-likeness (QED) is 0.854. The molecule has 0 spiro atoms. The van der Waals surface area contributed by atoms with Crippen molar-refractivity contribution in [3.63, 3.8) is 0 Å². The first-order valence-electron chi connectivity index (χ1n) is 6.23. The summed E-state index contributed by atoms with van der Waals surface area (Å²) in [4.78, 5) is 17.4. The average Bonchev–Trinajstić information content (AvgIpc) is 2.78. The van der Waals surface area contributed by atoms with Crippen molar-refractivity contribution in [1.29, 1.82) is 0 Å². The summed E-state index contributed by atoms with van der Waals surface area (Å²) in [7, 11) is 0. The van der Waals surface area contributed by atoms with Gasteiger partial charge in [0.1, 0.15) is 0 Å². The van der Waals surface area contributed by atoms with E-state index in [0.717, 1.165) is 19.5 Å². The summed E-state index contributed by atoms with van der Waals surface area (Å²) in [5.41, 5.74) is 6.31. The van der Waals surface area contributed by atoms with Crippen LogP contribution in [0.4, 0.5) is 11.5 Å². The standard InChI is InChI=1S/C13H19N3O2/c1-8(2)9-4-6-16(7-9)12-11(14)10(13(17)18)3-5-15-12/h3,5,8-9H,4,6-7,14H2,1-2H3,(H,17,18). The normalized spacial score (nSPS) is 19.5. The molecule has 0 radical (unpaired) electrons. The highest BCUT2D eigenvalue weighted by Crippen LogP contribution is 2.31. The van der Waals surface area contributed by atoms with Crippen LogP contribution in [0.1, 0.15) is 30.6 Å². The molecule has 0 aliphatic carbocycles. The predicted octanol–water partition coefficient (Wildman–Crippen LogP) is 1.84. The summed E-state index contributed by atoms with van der Waals surface area (Å²) in [6.45, 7) is 6.21. The van der Waals surface area contributed by atoms with Crippen LogP contribution in [0.15, 0.2) is 12.3 Å². The van der Waals surface area contributed by atoms with Gasteiger partial charge in [0.15, 0.2) is 5.82 Å². The molecule has 1 saturated heterocycles. The van der Waals surface area contributed by atoms with E-state index in [-0.39, 0.29) is 11.3 Å². The van der Waals surface area contributed by atoms with Crippen molar-refractivity contribution in [2.24, 2.45) is 11.8 Å². The number of aromatic carboxylic acids is 1. The Morgan fingerprint density at radius 3 is 2.89 bits per heavy atom. The zero-order chi connectivity index (χ0) is 13.3. The van der Waals surface area contributed by atoms with Crippen LogP contribution in [0.2, 0.25) is 0 Å². The first-order chi connectivity index (χ1) is 8.50. The van der Waals surface area contributed by atoms with Gasteiger partial charge < -0.3 is 15.7 Å². The minimum absolute atomic E-state index is 0.132. The Hall–Kier alpha value is -1.78. The summed E-state index contributed by atoms with van der Waals surface area (Å²) in [5, 5.41) is 9.05. The van der Waals surface area contributed by atoms with Crippen molar-refractivity contribution in [3.8, 4) is 0 Å².